The first-order chi connectivity index (χ1) is 10.2. The molecule has 1 aliphatic heterocycles. The highest BCUT2D eigenvalue weighted by atomic mass is 16.7. The Bertz CT molecular complexity index is 527. The van der Waals surface area contributed by atoms with Crippen LogP contribution >= 0.6 is 0 Å². The van der Waals surface area contributed by atoms with Gasteiger partial charge in [-0.2, -0.15) is 5.26 Å². The van der Waals surface area contributed by atoms with Crippen molar-refractivity contribution < 1.29 is 9.47 Å². The van der Waals surface area contributed by atoms with Crippen LogP contribution in [0, 0.1) is 16.7 Å². The van der Waals surface area contributed by atoms with Crippen LogP contribution in [-0.2, 0) is 16.0 Å². The summed E-state index contributed by atoms with van der Waals surface area (Å²) in [5, 5.41) is 9.82. The second kappa shape index (κ2) is 5.76. The van der Waals surface area contributed by atoms with Crippen molar-refractivity contribution in [3.8, 4) is 6.07 Å². The highest BCUT2D eigenvalue weighted by Gasteiger charge is 2.58. The van der Waals surface area contributed by atoms with E-state index in [2.05, 4.69) is 23.1 Å². The Kier molecular flexibility index (Phi) is 3.99. The van der Waals surface area contributed by atoms with E-state index < -0.39 is 11.2 Å². The lowest BCUT2D eigenvalue weighted by Gasteiger charge is -2.53. The molecule has 4 heteroatoms. The van der Waals surface area contributed by atoms with E-state index in [4.69, 9.17) is 9.47 Å². The molecular weight excluding hydrogens is 264 g/mol. The van der Waals surface area contributed by atoms with Gasteiger partial charge in [-0.1, -0.05) is 36.8 Å². The number of nitrogens with zero attached hydrogens (tertiary/aromatic N) is 2. The first-order valence-electron chi connectivity index (χ1n) is 7.60. The largest absolute Gasteiger partial charge is 0.352 e. The number of fused-ring (bicyclic) bond motifs is 1. The zero-order valence-electron chi connectivity index (χ0n) is 12.5. The van der Waals surface area contributed by atoms with E-state index in [0.717, 1.165) is 32.2 Å². The minimum atomic E-state index is -0.715. The van der Waals surface area contributed by atoms with Crippen molar-refractivity contribution in [1.82, 2.24) is 4.90 Å². The monoisotopic (exact) mass is 286 g/mol. The Hall–Kier alpha value is -1.41. The van der Waals surface area contributed by atoms with E-state index in [-0.39, 0.29) is 0 Å². The standard InChI is InChI=1S/C17H22N2O2/c1-20-17-10-6-5-9-16(17,12-18)13-19(14-21-17)11-15-7-3-2-4-8-15/h2-4,7-8H,5-6,9-11,13-14H2,1H3/t16-,17-/m1/s1. The second-order valence-electron chi connectivity index (χ2n) is 6.10. The van der Waals surface area contributed by atoms with E-state index >= 15 is 0 Å². The molecule has 1 aromatic rings. The number of hydrogen-bond donors (Lipinski definition) is 0. The van der Waals surface area contributed by atoms with E-state index in [0.29, 0.717) is 13.3 Å². The van der Waals surface area contributed by atoms with Crippen molar-refractivity contribution in [3.63, 3.8) is 0 Å². The van der Waals surface area contributed by atoms with Gasteiger partial charge in [0.15, 0.2) is 5.79 Å². The lowest BCUT2D eigenvalue weighted by atomic mass is 9.69. The topological polar surface area (TPSA) is 45.5 Å². The molecule has 2 aliphatic rings. The lowest BCUT2D eigenvalue weighted by molar-refractivity contribution is -0.332. The lowest BCUT2D eigenvalue weighted by Crippen LogP contribution is -2.63. The van der Waals surface area contributed by atoms with Gasteiger partial charge in [-0.15, -0.1) is 0 Å². The highest BCUT2D eigenvalue weighted by molar-refractivity contribution is 5.17. The van der Waals surface area contributed by atoms with E-state index in [1.54, 1.807) is 7.11 Å². The summed E-state index contributed by atoms with van der Waals surface area (Å²) in [5.74, 6) is -0.715. The Morgan fingerprint density at radius 1 is 1.29 bits per heavy atom. The van der Waals surface area contributed by atoms with Crippen LogP contribution in [-0.4, -0.2) is 31.1 Å². The number of ether oxygens (including phenoxy) is 2. The average Bonchev–Trinajstić information content (AvgIpc) is 2.55. The Morgan fingerprint density at radius 3 is 2.76 bits per heavy atom. The quantitative estimate of drug-likeness (QED) is 0.857. The summed E-state index contributed by atoms with van der Waals surface area (Å²) in [4.78, 5) is 2.21. The van der Waals surface area contributed by atoms with Crippen molar-refractivity contribution in [2.75, 3.05) is 20.4 Å². The number of hydrogen-bond acceptors (Lipinski definition) is 4. The summed E-state index contributed by atoms with van der Waals surface area (Å²) in [6.07, 6.45) is 3.80. The Labute approximate surface area is 126 Å². The maximum absolute atomic E-state index is 9.82. The molecule has 0 unspecified atom stereocenters. The van der Waals surface area contributed by atoms with Crippen LogP contribution < -0.4 is 0 Å². The molecule has 1 aliphatic carbocycles. The Balaban J connectivity index is 1.80. The fraction of sp³-hybridized carbons (Fsp3) is 0.588. The number of rotatable bonds is 3. The maximum Gasteiger partial charge on any atom is 0.189 e. The normalized spacial score (nSPS) is 33.1. The molecule has 0 aromatic heterocycles. The predicted molar refractivity (Wildman–Crippen MR) is 79.1 cm³/mol. The molecule has 0 bridgehead atoms. The van der Waals surface area contributed by atoms with Gasteiger partial charge in [-0.3, -0.25) is 4.90 Å². The fourth-order valence-corrected chi connectivity index (χ4v) is 3.72. The number of benzene rings is 1. The maximum atomic E-state index is 9.82. The van der Waals surface area contributed by atoms with Gasteiger partial charge in [0, 0.05) is 26.6 Å². The van der Waals surface area contributed by atoms with Gasteiger partial charge in [-0.25, -0.2) is 0 Å². The third-order valence-corrected chi connectivity index (χ3v) is 4.86. The molecule has 1 aromatic carbocycles. The van der Waals surface area contributed by atoms with Gasteiger partial charge < -0.3 is 9.47 Å². The minimum Gasteiger partial charge on any atom is -0.352 e. The summed E-state index contributed by atoms with van der Waals surface area (Å²) < 4.78 is 11.8. The molecule has 2 atom stereocenters. The van der Waals surface area contributed by atoms with Crippen LogP contribution in [0.4, 0.5) is 0 Å². The summed E-state index contributed by atoms with van der Waals surface area (Å²) in [6.45, 7) is 2.04. The summed E-state index contributed by atoms with van der Waals surface area (Å²) in [6, 6.07) is 12.9. The third kappa shape index (κ3) is 2.46. The molecule has 1 saturated heterocycles. The average molecular weight is 286 g/mol. The molecule has 0 radical (unpaired) electrons. The molecule has 112 valence electrons. The fourth-order valence-electron chi connectivity index (χ4n) is 3.72. The summed E-state index contributed by atoms with van der Waals surface area (Å²) in [7, 11) is 1.67. The van der Waals surface area contributed by atoms with E-state index in [1.165, 1.54) is 5.56 Å². The molecule has 1 heterocycles. The van der Waals surface area contributed by atoms with Gasteiger partial charge >= 0.3 is 0 Å². The van der Waals surface area contributed by atoms with Crippen molar-refractivity contribution in [2.24, 2.45) is 5.41 Å². The van der Waals surface area contributed by atoms with Gasteiger partial charge in [0.1, 0.15) is 12.1 Å². The van der Waals surface area contributed by atoms with Gasteiger partial charge in [0.2, 0.25) is 0 Å². The summed E-state index contributed by atoms with van der Waals surface area (Å²) in [5.41, 5.74) is 0.697. The van der Waals surface area contributed by atoms with Crippen molar-refractivity contribution >= 4 is 0 Å². The van der Waals surface area contributed by atoms with E-state index in [9.17, 15) is 5.26 Å². The number of nitriles is 1. The van der Waals surface area contributed by atoms with Gasteiger partial charge in [-0.05, 0) is 18.4 Å². The van der Waals surface area contributed by atoms with Crippen LogP contribution in [0.25, 0.3) is 0 Å². The first-order valence-corrected chi connectivity index (χ1v) is 7.60. The van der Waals surface area contributed by atoms with Crippen LogP contribution in [0.1, 0.15) is 31.2 Å². The second-order valence-corrected chi connectivity index (χ2v) is 6.10. The zero-order chi connectivity index (χ0) is 14.8. The van der Waals surface area contributed by atoms with Crippen molar-refractivity contribution in [3.05, 3.63) is 35.9 Å². The van der Waals surface area contributed by atoms with E-state index in [1.807, 2.05) is 18.2 Å². The van der Waals surface area contributed by atoms with Gasteiger partial charge in [0.05, 0.1) is 6.07 Å². The van der Waals surface area contributed by atoms with Crippen LogP contribution in [0.3, 0.4) is 0 Å². The van der Waals surface area contributed by atoms with Gasteiger partial charge in [0.25, 0.3) is 0 Å². The highest BCUT2D eigenvalue weighted by Crippen LogP contribution is 2.49. The smallest absolute Gasteiger partial charge is 0.189 e. The first kappa shape index (κ1) is 14.5. The van der Waals surface area contributed by atoms with Crippen molar-refractivity contribution in [1.29, 1.82) is 5.26 Å². The molecule has 0 amide bonds. The van der Waals surface area contributed by atoms with Crippen LogP contribution in [0.15, 0.2) is 30.3 Å². The molecule has 0 spiro atoms. The minimum absolute atomic E-state index is 0.520. The predicted octanol–water partition coefficient (Wildman–Crippen LogP) is 2.90. The zero-order valence-corrected chi connectivity index (χ0v) is 12.5. The SMILES string of the molecule is CO[C@@]12CCCC[C@@]1(C#N)CN(Cc1ccccc1)CO2. The van der Waals surface area contributed by atoms with Crippen molar-refractivity contribution in [2.45, 2.75) is 38.0 Å². The molecule has 0 N–H and O–H groups in total. The van der Waals surface area contributed by atoms with Crippen LogP contribution in [0.2, 0.25) is 0 Å². The molecule has 1 saturated carbocycles. The molecular formula is C17H22N2O2. The molecule has 2 fully saturated rings. The molecule has 3 rings (SSSR count). The summed E-state index contributed by atoms with van der Waals surface area (Å²) >= 11 is 0. The Morgan fingerprint density at radius 2 is 2.05 bits per heavy atom. The number of methoxy groups -OCH3 is 1. The molecule has 21 heavy (non-hydrogen) atoms. The van der Waals surface area contributed by atoms with Crippen LogP contribution in [0.5, 0.6) is 0 Å². The molecule has 4 nitrogen and oxygen atoms in total. The third-order valence-electron chi connectivity index (χ3n) is 4.86.